The van der Waals surface area contributed by atoms with Gasteiger partial charge in [-0.05, 0) is 55.2 Å². The fourth-order valence-corrected chi connectivity index (χ4v) is 3.99. The molecule has 128 valence electrons. The zero-order valence-electron chi connectivity index (χ0n) is 14.3. The lowest BCUT2D eigenvalue weighted by Crippen LogP contribution is -2.44. The third-order valence-electron chi connectivity index (χ3n) is 5.33. The first kappa shape index (κ1) is 17.1. The van der Waals surface area contributed by atoms with Crippen LogP contribution in [0, 0.1) is 12.3 Å². The van der Waals surface area contributed by atoms with E-state index in [-0.39, 0.29) is 17.9 Å². The average Bonchev–Trinajstić information content (AvgIpc) is 3.16. The van der Waals surface area contributed by atoms with Gasteiger partial charge in [-0.3, -0.25) is 9.78 Å². The van der Waals surface area contributed by atoms with Crippen LogP contribution in [0.4, 0.5) is 0 Å². The fraction of sp³-hybridized carbons (Fsp3) is 0.474. The normalized spacial score (nSPS) is 17.0. The highest BCUT2D eigenvalue weighted by Gasteiger charge is 2.34. The number of likely N-dealkylation sites (tertiary alicyclic amines) is 1. The summed E-state index contributed by atoms with van der Waals surface area (Å²) in [4.78, 5) is 19.3. The van der Waals surface area contributed by atoms with Crippen LogP contribution in [0.25, 0.3) is 11.3 Å². The fourth-order valence-electron chi connectivity index (χ4n) is 3.34. The molecule has 24 heavy (non-hydrogen) atoms. The molecule has 1 fully saturated rings. The summed E-state index contributed by atoms with van der Waals surface area (Å²) in [7, 11) is 0. The number of rotatable bonds is 4. The molecule has 1 aliphatic heterocycles. The van der Waals surface area contributed by atoms with Gasteiger partial charge < -0.3 is 10.0 Å². The van der Waals surface area contributed by atoms with E-state index in [1.54, 1.807) is 11.3 Å². The van der Waals surface area contributed by atoms with E-state index in [1.165, 1.54) is 0 Å². The molecule has 0 aromatic carbocycles. The molecule has 3 rings (SSSR count). The molecule has 0 spiro atoms. The first-order valence-electron chi connectivity index (χ1n) is 8.49. The van der Waals surface area contributed by atoms with Gasteiger partial charge in [0.05, 0.1) is 17.0 Å². The Morgan fingerprint density at radius 1 is 1.33 bits per heavy atom. The van der Waals surface area contributed by atoms with Gasteiger partial charge in [-0.2, -0.15) is 11.3 Å². The molecule has 0 unspecified atom stereocenters. The molecule has 0 aliphatic carbocycles. The number of nitrogens with zero attached hydrogens (tertiary/aromatic N) is 2. The second-order valence-corrected chi connectivity index (χ2v) is 7.43. The van der Waals surface area contributed by atoms with Crippen molar-refractivity contribution in [1.29, 1.82) is 0 Å². The minimum Gasteiger partial charge on any atom is -0.396 e. The topological polar surface area (TPSA) is 53.4 Å². The molecule has 1 aliphatic rings. The minimum atomic E-state index is -0.00706. The summed E-state index contributed by atoms with van der Waals surface area (Å²) in [5.41, 5.74) is 3.46. The van der Waals surface area contributed by atoms with Crippen LogP contribution in [-0.4, -0.2) is 40.6 Å². The maximum Gasteiger partial charge on any atom is 0.255 e. The Labute approximate surface area is 147 Å². The number of carbonyl (C=O) groups is 1. The Hall–Kier alpha value is -1.72. The minimum absolute atomic E-state index is 0.00706. The highest BCUT2D eigenvalue weighted by molar-refractivity contribution is 7.08. The summed E-state index contributed by atoms with van der Waals surface area (Å²) in [5, 5.41) is 13.7. The number of thiophene rings is 1. The van der Waals surface area contributed by atoms with Gasteiger partial charge in [0.25, 0.3) is 5.91 Å². The lowest BCUT2D eigenvalue weighted by Gasteiger charge is -2.40. The highest BCUT2D eigenvalue weighted by atomic mass is 32.1. The predicted octanol–water partition coefficient (Wildman–Crippen LogP) is 3.74. The molecule has 0 atom stereocenters. The number of carbonyl (C=O) groups excluding carboxylic acids is 1. The summed E-state index contributed by atoms with van der Waals surface area (Å²) in [6, 6.07) is 5.86. The van der Waals surface area contributed by atoms with Crippen molar-refractivity contribution in [2.24, 2.45) is 5.41 Å². The first-order valence-corrected chi connectivity index (χ1v) is 9.43. The second kappa shape index (κ2) is 7.03. The van der Waals surface area contributed by atoms with Crippen molar-refractivity contribution >= 4 is 17.2 Å². The zero-order valence-corrected chi connectivity index (χ0v) is 15.1. The van der Waals surface area contributed by atoms with Crippen LogP contribution in [0.2, 0.25) is 0 Å². The number of aromatic nitrogens is 1. The van der Waals surface area contributed by atoms with Gasteiger partial charge in [-0.25, -0.2) is 0 Å². The summed E-state index contributed by atoms with van der Waals surface area (Å²) < 4.78 is 0. The molecule has 1 amide bonds. The van der Waals surface area contributed by atoms with Crippen LogP contribution in [0.15, 0.2) is 29.0 Å². The van der Waals surface area contributed by atoms with E-state index in [0.29, 0.717) is 18.7 Å². The number of hydrogen-bond donors (Lipinski definition) is 1. The van der Waals surface area contributed by atoms with Crippen LogP contribution in [-0.2, 0) is 0 Å². The number of amides is 1. The van der Waals surface area contributed by atoms with Crippen LogP contribution >= 0.6 is 11.3 Å². The zero-order chi connectivity index (χ0) is 17.2. The Kier molecular flexibility index (Phi) is 5.01. The maximum atomic E-state index is 12.8. The van der Waals surface area contributed by atoms with Crippen molar-refractivity contribution in [2.75, 3.05) is 19.7 Å². The van der Waals surface area contributed by atoms with E-state index in [2.05, 4.69) is 17.3 Å². The number of piperidine rings is 1. The number of pyridine rings is 1. The Morgan fingerprint density at radius 3 is 2.62 bits per heavy atom. The lowest BCUT2D eigenvalue weighted by molar-refractivity contribution is 0.0337. The third-order valence-corrected chi connectivity index (χ3v) is 6.01. The van der Waals surface area contributed by atoms with Crippen molar-refractivity contribution in [3.05, 3.63) is 40.2 Å². The number of aliphatic hydroxyl groups excluding tert-OH is 1. The van der Waals surface area contributed by atoms with Crippen LogP contribution in [0.1, 0.15) is 42.2 Å². The smallest absolute Gasteiger partial charge is 0.255 e. The summed E-state index contributed by atoms with van der Waals surface area (Å²) in [5.74, 6) is 0.0551. The van der Waals surface area contributed by atoms with E-state index in [4.69, 9.17) is 0 Å². The van der Waals surface area contributed by atoms with Gasteiger partial charge in [-0.1, -0.05) is 6.92 Å². The molecule has 1 saturated heterocycles. The maximum absolute atomic E-state index is 12.8. The van der Waals surface area contributed by atoms with E-state index in [9.17, 15) is 9.90 Å². The molecule has 4 nitrogen and oxygen atoms in total. The Balaban J connectivity index is 1.74. The molecular weight excluding hydrogens is 320 g/mol. The van der Waals surface area contributed by atoms with Crippen molar-refractivity contribution < 1.29 is 9.90 Å². The van der Waals surface area contributed by atoms with E-state index >= 15 is 0 Å². The molecule has 0 bridgehead atoms. The molecule has 3 heterocycles. The SMILES string of the molecule is CCC1(CO)CCN(C(=O)c2ccc(-c3ccsc3)nc2C)CC1. The summed E-state index contributed by atoms with van der Waals surface area (Å²) in [6.07, 6.45) is 2.69. The van der Waals surface area contributed by atoms with Crippen molar-refractivity contribution in [1.82, 2.24) is 9.88 Å². The molecule has 1 N–H and O–H groups in total. The van der Waals surface area contributed by atoms with E-state index < -0.39 is 0 Å². The van der Waals surface area contributed by atoms with Gasteiger partial charge >= 0.3 is 0 Å². The van der Waals surface area contributed by atoms with Crippen LogP contribution in [0.3, 0.4) is 0 Å². The van der Waals surface area contributed by atoms with Gasteiger partial charge in [-0.15, -0.1) is 0 Å². The number of aliphatic hydroxyl groups is 1. The van der Waals surface area contributed by atoms with Gasteiger partial charge in [0.2, 0.25) is 0 Å². The van der Waals surface area contributed by atoms with Gasteiger partial charge in [0.1, 0.15) is 0 Å². The number of aryl methyl sites for hydroxylation is 1. The number of hydrogen-bond acceptors (Lipinski definition) is 4. The molecule has 2 aromatic heterocycles. The first-order chi connectivity index (χ1) is 11.6. The quantitative estimate of drug-likeness (QED) is 0.919. The molecule has 5 heteroatoms. The molecule has 2 aromatic rings. The van der Waals surface area contributed by atoms with Crippen LogP contribution in [0.5, 0.6) is 0 Å². The van der Waals surface area contributed by atoms with Crippen LogP contribution < -0.4 is 0 Å². The average molecular weight is 344 g/mol. The Morgan fingerprint density at radius 2 is 2.08 bits per heavy atom. The second-order valence-electron chi connectivity index (χ2n) is 6.65. The van der Waals surface area contributed by atoms with Crippen molar-refractivity contribution in [3.8, 4) is 11.3 Å². The Bertz CT molecular complexity index is 698. The van der Waals surface area contributed by atoms with E-state index in [1.807, 2.05) is 35.4 Å². The lowest BCUT2D eigenvalue weighted by atomic mass is 9.77. The largest absolute Gasteiger partial charge is 0.396 e. The highest BCUT2D eigenvalue weighted by Crippen LogP contribution is 2.34. The molecular formula is C19H24N2O2S. The monoisotopic (exact) mass is 344 g/mol. The summed E-state index contributed by atoms with van der Waals surface area (Å²) in [6.45, 7) is 5.64. The standard InChI is InChI=1S/C19H24N2O2S/c1-3-19(13-22)7-9-21(10-8-19)18(23)16-4-5-17(20-14(16)2)15-6-11-24-12-15/h4-6,11-12,22H,3,7-10,13H2,1-2H3. The van der Waals surface area contributed by atoms with Crippen molar-refractivity contribution in [2.45, 2.75) is 33.1 Å². The summed E-state index contributed by atoms with van der Waals surface area (Å²) >= 11 is 1.64. The molecule has 0 saturated carbocycles. The molecule has 0 radical (unpaired) electrons. The van der Waals surface area contributed by atoms with Crippen molar-refractivity contribution in [3.63, 3.8) is 0 Å². The third kappa shape index (κ3) is 3.23. The van der Waals surface area contributed by atoms with E-state index in [0.717, 1.165) is 36.2 Å². The van der Waals surface area contributed by atoms with Gasteiger partial charge in [0, 0.05) is 30.6 Å². The predicted molar refractivity (Wildman–Crippen MR) is 97.2 cm³/mol. The van der Waals surface area contributed by atoms with Gasteiger partial charge in [0.15, 0.2) is 0 Å².